The third-order valence-electron chi connectivity index (χ3n) is 4.81. The normalized spacial score (nSPS) is 15.2. The third kappa shape index (κ3) is 5.34. The summed E-state index contributed by atoms with van der Waals surface area (Å²) in [6.45, 7) is 5.61. The second-order valence-corrected chi connectivity index (χ2v) is 9.47. The van der Waals surface area contributed by atoms with Crippen LogP contribution < -0.4 is 14.4 Å². The number of ether oxygens (including phenoxy) is 2. The van der Waals surface area contributed by atoms with Crippen LogP contribution in [0.1, 0.15) is 26.3 Å². The molecule has 0 atom stereocenters. The lowest BCUT2D eigenvalue weighted by Gasteiger charge is -2.20. The Balaban J connectivity index is 1.97. The molecule has 2 aromatic carbocycles. The third-order valence-corrected chi connectivity index (χ3v) is 6.06. The maximum atomic E-state index is 13.3. The zero-order valence-electron chi connectivity index (χ0n) is 18.6. The molecule has 0 spiro atoms. The first-order chi connectivity index (χ1) is 15.1. The number of hydrogen-bond donors (Lipinski definition) is 0. The van der Waals surface area contributed by atoms with Crippen molar-refractivity contribution < 1.29 is 19.1 Å². The van der Waals surface area contributed by atoms with Gasteiger partial charge in [-0.05, 0) is 35.9 Å². The first-order valence-electron chi connectivity index (χ1n) is 9.92. The van der Waals surface area contributed by atoms with E-state index in [9.17, 15) is 9.59 Å². The highest BCUT2D eigenvalue weighted by Gasteiger charge is 2.33. The Kier molecular flexibility index (Phi) is 7.31. The Hall–Kier alpha value is -2.77. The molecule has 1 aliphatic heterocycles. The number of aliphatic imine (C=N–C) groups is 1. The number of methoxy groups -OCH3 is 2. The average Bonchev–Trinajstić information content (AvgIpc) is 3.07. The number of carbonyl (C=O) groups is 2. The standard InChI is InChI=1S/C24H25ClN2O4S/c1-24(2,3)21(28)14-32-23-26-19(12-15-6-9-17(30-4)10-7-15)22(29)27(23)16-8-11-18(25)20(13-16)31-5/h6-13H,14H2,1-5H3/b19-12-. The van der Waals surface area contributed by atoms with Crippen molar-refractivity contribution in [2.75, 3.05) is 24.9 Å². The van der Waals surface area contributed by atoms with Crippen LogP contribution >= 0.6 is 23.4 Å². The van der Waals surface area contributed by atoms with Gasteiger partial charge in [0, 0.05) is 11.5 Å². The van der Waals surface area contributed by atoms with Gasteiger partial charge in [0.2, 0.25) is 0 Å². The Labute approximate surface area is 197 Å². The number of ketones is 1. The van der Waals surface area contributed by atoms with Gasteiger partial charge in [0.15, 0.2) is 5.17 Å². The number of halogens is 1. The van der Waals surface area contributed by atoms with Crippen molar-refractivity contribution in [2.45, 2.75) is 20.8 Å². The van der Waals surface area contributed by atoms with Gasteiger partial charge in [0.1, 0.15) is 23.0 Å². The lowest BCUT2D eigenvalue weighted by Crippen LogP contribution is -2.31. The molecule has 0 radical (unpaired) electrons. The smallest absolute Gasteiger partial charge is 0.283 e. The van der Waals surface area contributed by atoms with Gasteiger partial charge in [-0.25, -0.2) is 4.99 Å². The molecule has 2 aromatic rings. The Morgan fingerprint density at radius 2 is 1.81 bits per heavy atom. The van der Waals surface area contributed by atoms with Crippen LogP contribution in [0.15, 0.2) is 53.2 Å². The fourth-order valence-corrected chi connectivity index (χ4v) is 4.18. The summed E-state index contributed by atoms with van der Waals surface area (Å²) in [5, 5.41) is 0.864. The van der Waals surface area contributed by atoms with Gasteiger partial charge in [-0.3, -0.25) is 14.5 Å². The van der Waals surface area contributed by atoms with E-state index in [0.717, 1.165) is 11.3 Å². The summed E-state index contributed by atoms with van der Waals surface area (Å²) in [5.41, 5.74) is 1.16. The minimum Gasteiger partial charge on any atom is -0.497 e. The van der Waals surface area contributed by atoms with E-state index in [1.165, 1.54) is 23.8 Å². The Morgan fingerprint density at radius 3 is 2.41 bits per heavy atom. The van der Waals surface area contributed by atoms with E-state index in [-0.39, 0.29) is 23.1 Å². The Bertz CT molecular complexity index is 1090. The number of rotatable bonds is 6. The number of thioether (sulfide) groups is 1. The van der Waals surface area contributed by atoms with Gasteiger partial charge < -0.3 is 9.47 Å². The second kappa shape index (κ2) is 9.79. The molecule has 0 aliphatic carbocycles. The SMILES string of the molecule is COc1ccc(/C=C2\N=C(SCC(=O)C(C)(C)C)N(c3ccc(Cl)c(OC)c3)C2=O)cc1. The summed E-state index contributed by atoms with van der Waals surface area (Å²) in [6, 6.07) is 12.4. The van der Waals surface area contributed by atoms with E-state index in [1.807, 2.05) is 45.0 Å². The maximum absolute atomic E-state index is 13.3. The quantitative estimate of drug-likeness (QED) is 0.523. The first-order valence-corrected chi connectivity index (χ1v) is 11.3. The zero-order valence-corrected chi connectivity index (χ0v) is 20.2. The molecule has 6 nitrogen and oxygen atoms in total. The molecule has 32 heavy (non-hydrogen) atoms. The van der Waals surface area contributed by atoms with Crippen LogP contribution in [0.4, 0.5) is 5.69 Å². The van der Waals surface area contributed by atoms with Gasteiger partial charge in [-0.15, -0.1) is 0 Å². The van der Waals surface area contributed by atoms with E-state index in [1.54, 1.807) is 31.4 Å². The summed E-state index contributed by atoms with van der Waals surface area (Å²) in [4.78, 5) is 31.8. The number of Topliss-reactive ketones (excluding diaryl/α,β-unsaturated/α-hetero) is 1. The number of amides is 1. The van der Waals surface area contributed by atoms with Crippen LogP contribution in [0.2, 0.25) is 5.02 Å². The van der Waals surface area contributed by atoms with Gasteiger partial charge >= 0.3 is 0 Å². The van der Waals surface area contributed by atoms with E-state index in [4.69, 9.17) is 21.1 Å². The van der Waals surface area contributed by atoms with Crippen LogP contribution in [0.25, 0.3) is 6.08 Å². The fraction of sp³-hybridized carbons (Fsp3) is 0.292. The molecule has 1 aliphatic rings. The van der Waals surface area contributed by atoms with Crippen LogP contribution in [0, 0.1) is 5.41 Å². The van der Waals surface area contributed by atoms with Crippen LogP contribution in [0.3, 0.4) is 0 Å². The van der Waals surface area contributed by atoms with Crippen molar-refractivity contribution in [2.24, 2.45) is 10.4 Å². The first kappa shape index (κ1) is 23.9. The van der Waals surface area contributed by atoms with E-state index >= 15 is 0 Å². The van der Waals surface area contributed by atoms with Crippen LogP contribution in [-0.2, 0) is 9.59 Å². The average molecular weight is 473 g/mol. The molecule has 0 saturated heterocycles. The fourth-order valence-electron chi connectivity index (χ4n) is 2.81. The largest absolute Gasteiger partial charge is 0.497 e. The van der Waals surface area contributed by atoms with E-state index in [0.29, 0.717) is 21.6 Å². The molecule has 0 fully saturated rings. The number of benzene rings is 2. The zero-order chi connectivity index (χ0) is 23.5. The number of nitrogens with zero attached hydrogens (tertiary/aromatic N) is 2. The molecular formula is C24H25ClN2O4S. The van der Waals surface area contributed by atoms with Crippen LogP contribution in [-0.4, -0.2) is 36.8 Å². The molecule has 0 unspecified atom stereocenters. The van der Waals surface area contributed by atoms with Crippen molar-refractivity contribution in [3.63, 3.8) is 0 Å². The second-order valence-electron chi connectivity index (χ2n) is 8.12. The van der Waals surface area contributed by atoms with Crippen LogP contribution in [0.5, 0.6) is 11.5 Å². The molecule has 0 N–H and O–H groups in total. The molecule has 3 rings (SSSR count). The van der Waals surface area contributed by atoms with Gasteiger partial charge in [-0.1, -0.05) is 56.3 Å². The molecule has 8 heteroatoms. The monoisotopic (exact) mass is 472 g/mol. The van der Waals surface area contributed by atoms with E-state index < -0.39 is 5.41 Å². The Morgan fingerprint density at radius 1 is 1.12 bits per heavy atom. The number of hydrogen-bond acceptors (Lipinski definition) is 6. The molecule has 1 amide bonds. The van der Waals surface area contributed by atoms with Crippen molar-refractivity contribution in [3.05, 3.63) is 58.7 Å². The molecule has 1 heterocycles. The summed E-state index contributed by atoms with van der Waals surface area (Å²) in [5.74, 6) is 1.14. The molecule has 0 bridgehead atoms. The number of amidine groups is 1. The van der Waals surface area contributed by atoms with E-state index in [2.05, 4.69) is 4.99 Å². The summed E-state index contributed by atoms with van der Waals surface area (Å²) >= 11 is 7.39. The predicted octanol–water partition coefficient (Wildman–Crippen LogP) is 5.45. The van der Waals surface area contributed by atoms with Crippen molar-refractivity contribution in [3.8, 4) is 11.5 Å². The molecular weight excluding hydrogens is 448 g/mol. The molecule has 0 saturated carbocycles. The summed E-state index contributed by atoms with van der Waals surface area (Å²) in [7, 11) is 3.11. The minimum atomic E-state index is -0.480. The van der Waals surface area contributed by atoms with Gasteiger partial charge in [0.25, 0.3) is 5.91 Å². The predicted molar refractivity (Wildman–Crippen MR) is 131 cm³/mol. The summed E-state index contributed by atoms with van der Waals surface area (Å²) in [6.07, 6.45) is 1.71. The molecule has 0 aromatic heterocycles. The minimum absolute atomic E-state index is 0.0684. The number of carbonyl (C=O) groups excluding carboxylic acids is 2. The highest BCUT2D eigenvalue weighted by molar-refractivity contribution is 8.14. The lowest BCUT2D eigenvalue weighted by atomic mass is 9.92. The van der Waals surface area contributed by atoms with Gasteiger partial charge in [-0.2, -0.15) is 0 Å². The number of anilines is 1. The summed E-state index contributed by atoms with van der Waals surface area (Å²) < 4.78 is 10.5. The lowest BCUT2D eigenvalue weighted by molar-refractivity contribution is -0.123. The highest BCUT2D eigenvalue weighted by atomic mass is 35.5. The molecule has 168 valence electrons. The van der Waals surface area contributed by atoms with Crippen molar-refractivity contribution >= 4 is 52.0 Å². The van der Waals surface area contributed by atoms with Gasteiger partial charge in [0.05, 0.1) is 30.7 Å². The maximum Gasteiger partial charge on any atom is 0.283 e. The van der Waals surface area contributed by atoms with Crippen molar-refractivity contribution in [1.82, 2.24) is 0 Å². The topological polar surface area (TPSA) is 68.2 Å². The highest BCUT2D eigenvalue weighted by Crippen LogP contribution is 2.35. The van der Waals surface area contributed by atoms with Crippen molar-refractivity contribution in [1.29, 1.82) is 0 Å².